The zero-order valence-corrected chi connectivity index (χ0v) is 11.6. The SMILES string of the molecule is O=C1CC(c2cccnc2Cl)c2cc3c(cc2O1)OCO3. The van der Waals surface area contributed by atoms with Gasteiger partial charge in [0.05, 0.1) is 6.42 Å². The molecule has 0 bridgehead atoms. The van der Waals surface area contributed by atoms with Gasteiger partial charge in [0, 0.05) is 23.7 Å². The minimum atomic E-state index is -0.300. The number of esters is 1. The molecule has 1 unspecified atom stereocenters. The third-order valence-electron chi connectivity index (χ3n) is 3.64. The Kier molecular flexibility index (Phi) is 2.75. The van der Waals surface area contributed by atoms with Crippen LogP contribution in [-0.4, -0.2) is 17.7 Å². The van der Waals surface area contributed by atoms with Gasteiger partial charge in [0.2, 0.25) is 6.79 Å². The van der Waals surface area contributed by atoms with Crippen LogP contribution < -0.4 is 14.2 Å². The monoisotopic (exact) mass is 303 g/mol. The van der Waals surface area contributed by atoms with E-state index in [4.69, 9.17) is 25.8 Å². The number of carbonyl (C=O) groups excluding carboxylic acids is 1. The molecule has 2 aliphatic heterocycles. The lowest BCUT2D eigenvalue weighted by Gasteiger charge is -2.25. The van der Waals surface area contributed by atoms with E-state index in [1.165, 1.54) is 0 Å². The van der Waals surface area contributed by atoms with Gasteiger partial charge >= 0.3 is 5.97 Å². The zero-order chi connectivity index (χ0) is 14.4. The second-order valence-electron chi connectivity index (χ2n) is 4.86. The highest BCUT2D eigenvalue weighted by Gasteiger charge is 2.32. The average Bonchev–Trinajstić information content (AvgIpc) is 2.92. The summed E-state index contributed by atoms with van der Waals surface area (Å²) in [5.74, 6) is 1.22. The Morgan fingerprint density at radius 1 is 1.14 bits per heavy atom. The van der Waals surface area contributed by atoms with Crippen molar-refractivity contribution in [3.63, 3.8) is 0 Å². The van der Waals surface area contributed by atoms with Crippen LogP contribution in [0.3, 0.4) is 0 Å². The van der Waals surface area contributed by atoms with Crippen LogP contribution in [-0.2, 0) is 4.79 Å². The molecule has 5 nitrogen and oxygen atoms in total. The molecule has 0 radical (unpaired) electrons. The molecule has 0 spiro atoms. The highest BCUT2D eigenvalue weighted by molar-refractivity contribution is 6.30. The summed E-state index contributed by atoms with van der Waals surface area (Å²) >= 11 is 6.17. The molecular formula is C15H10ClNO4. The van der Waals surface area contributed by atoms with Crippen molar-refractivity contribution >= 4 is 17.6 Å². The van der Waals surface area contributed by atoms with Crippen LogP contribution in [0.1, 0.15) is 23.5 Å². The lowest BCUT2D eigenvalue weighted by Crippen LogP contribution is -2.21. The summed E-state index contributed by atoms with van der Waals surface area (Å²) in [6, 6.07) is 7.20. The number of hydrogen-bond donors (Lipinski definition) is 0. The minimum absolute atomic E-state index is 0.171. The second kappa shape index (κ2) is 4.63. The van der Waals surface area contributed by atoms with E-state index in [0.717, 1.165) is 11.1 Å². The van der Waals surface area contributed by atoms with Crippen molar-refractivity contribution in [2.45, 2.75) is 12.3 Å². The summed E-state index contributed by atoms with van der Waals surface area (Å²) in [6.07, 6.45) is 1.84. The van der Waals surface area contributed by atoms with Crippen LogP contribution in [0.25, 0.3) is 0 Å². The Morgan fingerprint density at radius 2 is 1.95 bits per heavy atom. The Hall–Kier alpha value is -2.27. The fourth-order valence-corrected chi connectivity index (χ4v) is 2.93. The van der Waals surface area contributed by atoms with Crippen molar-refractivity contribution in [2.24, 2.45) is 0 Å². The third-order valence-corrected chi connectivity index (χ3v) is 3.95. The predicted molar refractivity (Wildman–Crippen MR) is 73.9 cm³/mol. The molecule has 3 heterocycles. The molecule has 2 aromatic rings. The molecule has 21 heavy (non-hydrogen) atoms. The number of carbonyl (C=O) groups is 1. The Labute approximate surface area is 125 Å². The lowest BCUT2D eigenvalue weighted by molar-refractivity contribution is -0.135. The summed E-state index contributed by atoms with van der Waals surface area (Å²) < 4.78 is 16.0. The Morgan fingerprint density at radius 3 is 2.76 bits per heavy atom. The molecule has 1 atom stereocenters. The summed E-state index contributed by atoms with van der Waals surface area (Å²) in [5, 5.41) is 0.390. The van der Waals surface area contributed by atoms with Crippen LogP contribution in [0, 0.1) is 0 Å². The number of aromatic nitrogens is 1. The molecule has 0 saturated heterocycles. The third kappa shape index (κ3) is 2.01. The van der Waals surface area contributed by atoms with Gasteiger partial charge in [0.15, 0.2) is 11.5 Å². The smallest absolute Gasteiger partial charge is 0.312 e. The topological polar surface area (TPSA) is 57.7 Å². The molecule has 1 aromatic heterocycles. The first-order chi connectivity index (χ1) is 10.2. The number of benzene rings is 1. The molecular weight excluding hydrogens is 294 g/mol. The molecule has 0 saturated carbocycles. The highest BCUT2D eigenvalue weighted by Crippen LogP contribution is 2.46. The molecule has 0 amide bonds. The number of nitrogens with zero attached hydrogens (tertiary/aromatic N) is 1. The predicted octanol–water partition coefficient (Wildman–Crippen LogP) is 2.90. The molecule has 2 aliphatic rings. The van der Waals surface area contributed by atoms with Gasteiger partial charge < -0.3 is 14.2 Å². The van der Waals surface area contributed by atoms with Crippen molar-refractivity contribution in [2.75, 3.05) is 6.79 Å². The van der Waals surface area contributed by atoms with Crippen molar-refractivity contribution in [3.05, 3.63) is 46.7 Å². The van der Waals surface area contributed by atoms with Gasteiger partial charge in [-0.2, -0.15) is 0 Å². The van der Waals surface area contributed by atoms with Crippen LogP contribution in [0.15, 0.2) is 30.5 Å². The zero-order valence-electron chi connectivity index (χ0n) is 10.8. The number of ether oxygens (including phenoxy) is 3. The van der Waals surface area contributed by atoms with E-state index in [0.29, 0.717) is 22.4 Å². The number of rotatable bonds is 1. The van der Waals surface area contributed by atoms with E-state index < -0.39 is 0 Å². The molecule has 0 fully saturated rings. The van der Waals surface area contributed by atoms with E-state index in [2.05, 4.69) is 4.98 Å². The van der Waals surface area contributed by atoms with Gasteiger partial charge in [0.1, 0.15) is 10.9 Å². The number of hydrogen-bond acceptors (Lipinski definition) is 5. The van der Waals surface area contributed by atoms with Gasteiger partial charge in [-0.1, -0.05) is 17.7 Å². The van der Waals surface area contributed by atoms with E-state index in [1.807, 2.05) is 12.1 Å². The molecule has 0 N–H and O–H groups in total. The van der Waals surface area contributed by atoms with Gasteiger partial charge in [0.25, 0.3) is 0 Å². The van der Waals surface area contributed by atoms with E-state index in [9.17, 15) is 4.79 Å². The maximum atomic E-state index is 11.9. The molecule has 4 rings (SSSR count). The quantitative estimate of drug-likeness (QED) is 0.460. The van der Waals surface area contributed by atoms with Crippen LogP contribution >= 0.6 is 11.6 Å². The second-order valence-corrected chi connectivity index (χ2v) is 5.22. The number of pyridine rings is 1. The van der Waals surface area contributed by atoms with Crippen molar-refractivity contribution in [1.29, 1.82) is 0 Å². The van der Waals surface area contributed by atoms with Gasteiger partial charge in [-0.3, -0.25) is 4.79 Å². The summed E-state index contributed by atoms with van der Waals surface area (Å²) in [4.78, 5) is 15.9. The average molecular weight is 304 g/mol. The normalized spacial score (nSPS) is 19.1. The summed E-state index contributed by atoms with van der Waals surface area (Å²) in [7, 11) is 0. The largest absolute Gasteiger partial charge is 0.454 e. The first kappa shape index (κ1) is 12.5. The van der Waals surface area contributed by atoms with Gasteiger partial charge in [-0.25, -0.2) is 4.98 Å². The maximum Gasteiger partial charge on any atom is 0.312 e. The molecule has 0 aliphatic carbocycles. The lowest BCUT2D eigenvalue weighted by atomic mass is 9.87. The number of fused-ring (bicyclic) bond motifs is 2. The number of halogens is 1. The summed E-state index contributed by atoms with van der Waals surface area (Å²) in [5.41, 5.74) is 1.66. The maximum absolute atomic E-state index is 11.9. The first-order valence-corrected chi connectivity index (χ1v) is 6.85. The first-order valence-electron chi connectivity index (χ1n) is 6.47. The van der Waals surface area contributed by atoms with Crippen LogP contribution in [0.5, 0.6) is 17.2 Å². The highest BCUT2D eigenvalue weighted by atomic mass is 35.5. The summed E-state index contributed by atoms with van der Waals surface area (Å²) in [6.45, 7) is 0.171. The van der Waals surface area contributed by atoms with Crippen molar-refractivity contribution in [3.8, 4) is 17.2 Å². The Bertz CT molecular complexity index is 746. The fraction of sp³-hybridized carbons (Fsp3) is 0.200. The van der Waals surface area contributed by atoms with Crippen LogP contribution in [0.2, 0.25) is 5.15 Å². The standard InChI is InChI=1S/C15H10ClNO4/c16-15-8(2-1-3-17-15)9-5-14(18)21-11-6-13-12(4-10(9)11)19-7-20-13/h1-4,6,9H,5,7H2. The molecule has 6 heteroatoms. The fourth-order valence-electron chi connectivity index (χ4n) is 2.68. The Balaban J connectivity index is 1.88. The van der Waals surface area contributed by atoms with Gasteiger partial charge in [-0.15, -0.1) is 0 Å². The van der Waals surface area contributed by atoms with Crippen molar-refractivity contribution in [1.82, 2.24) is 4.98 Å². The van der Waals surface area contributed by atoms with E-state index >= 15 is 0 Å². The molecule has 1 aromatic carbocycles. The van der Waals surface area contributed by atoms with E-state index in [-0.39, 0.29) is 25.1 Å². The minimum Gasteiger partial charge on any atom is -0.454 e. The van der Waals surface area contributed by atoms with E-state index in [1.54, 1.807) is 18.3 Å². The van der Waals surface area contributed by atoms with Crippen molar-refractivity contribution < 1.29 is 19.0 Å². The van der Waals surface area contributed by atoms with Gasteiger partial charge in [-0.05, 0) is 17.7 Å². The van der Waals surface area contributed by atoms with Crippen LogP contribution in [0.4, 0.5) is 0 Å². The molecule has 106 valence electrons.